The second kappa shape index (κ2) is 11.2. The van der Waals surface area contributed by atoms with Crippen molar-refractivity contribution in [2.45, 2.75) is 38.9 Å². The molecule has 0 spiro atoms. The smallest absolute Gasteiger partial charge is 0.373 e. The first-order valence-corrected chi connectivity index (χ1v) is 11.2. The van der Waals surface area contributed by atoms with E-state index in [-0.39, 0.29) is 30.5 Å². The summed E-state index contributed by atoms with van der Waals surface area (Å²) in [6.45, 7) is 7.70. The third-order valence-corrected chi connectivity index (χ3v) is 5.88. The van der Waals surface area contributed by atoms with Crippen molar-refractivity contribution in [3.05, 3.63) is 76.4 Å². The van der Waals surface area contributed by atoms with Crippen LogP contribution in [0.25, 0.3) is 5.69 Å². The molecule has 1 aromatic heterocycles. The molecule has 0 saturated heterocycles. The van der Waals surface area contributed by atoms with E-state index >= 15 is 0 Å². The summed E-state index contributed by atoms with van der Waals surface area (Å²) in [6.07, 6.45) is 3.44. The number of carbonyl (C=O) groups excluding carboxylic acids is 1. The van der Waals surface area contributed by atoms with Crippen molar-refractivity contribution in [3.63, 3.8) is 0 Å². The SMILES string of the molecule is C=CCOC(=O)C1=C[C@@H](c2c(C)n(C)n(-c3ccccc3)c2=O)[C@@H](CCCO)[C@@H](OCC)O1. The van der Waals surface area contributed by atoms with E-state index in [2.05, 4.69) is 6.58 Å². The molecule has 0 unspecified atom stereocenters. The molecule has 1 aliphatic heterocycles. The number of rotatable bonds is 10. The molecule has 0 fully saturated rings. The van der Waals surface area contributed by atoms with E-state index < -0.39 is 18.2 Å². The molecule has 33 heavy (non-hydrogen) atoms. The zero-order valence-electron chi connectivity index (χ0n) is 19.4. The molecule has 8 heteroatoms. The average molecular weight is 457 g/mol. The van der Waals surface area contributed by atoms with Crippen molar-refractivity contribution < 1.29 is 24.1 Å². The zero-order valence-corrected chi connectivity index (χ0v) is 19.4. The van der Waals surface area contributed by atoms with Crippen LogP contribution < -0.4 is 5.56 Å². The molecule has 3 rings (SSSR count). The van der Waals surface area contributed by atoms with Crippen LogP contribution in [0.3, 0.4) is 0 Å². The largest absolute Gasteiger partial charge is 0.457 e. The molecule has 178 valence electrons. The lowest BCUT2D eigenvalue weighted by Crippen LogP contribution is -2.38. The van der Waals surface area contributed by atoms with Crippen LogP contribution in [0.1, 0.15) is 36.9 Å². The van der Waals surface area contributed by atoms with Gasteiger partial charge in [0.05, 0.1) is 5.69 Å². The van der Waals surface area contributed by atoms with Crippen molar-refractivity contribution in [3.8, 4) is 5.69 Å². The molecule has 1 aliphatic rings. The van der Waals surface area contributed by atoms with Crippen LogP contribution in [0.15, 0.2) is 59.6 Å². The Kier molecular flexibility index (Phi) is 8.30. The number of allylic oxidation sites excluding steroid dienone is 1. The predicted molar refractivity (Wildman–Crippen MR) is 124 cm³/mol. The van der Waals surface area contributed by atoms with Crippen molar-refractivity contribution in [1.29, 1.82) is 0 Å². The van der Waals surface area contributed by atoms with Crippen molar-refractivity contribution in [1.82, 2.24) is 9.36 Å². The summed E-state index contributed by atoms with van der Waals surface area (Å²) in [5, 5.41) is 9.46. The van der Waals surface area contributed by atoms with E-state index in [1.807, 2.05) is 55.9 Å². The van der Waals surface area contributed by atoms with Crippen LogP contribution in [0.4, 0.5) is 0 Å². The van der Waals surface area contributed by atoms with Gasteiger partial charge in [0.25, 0.3) is 5.56 Å². The highest BCUT2D eigenvalue weighted by molar-refractivity contribution is 5.86. The molecule has 0 bridgehead atoms. The summed E-state index contributed by atoms with van der Waals surface area (Å²) in [5.41, 5.74) is 1.91. The Morgan fingerprint density at radius 2 is 2.03 bits per heavy atom. The monoisotopic (exact) mass is 456 g/mol. The minimum atomic E-state index is -0.757. The summed E-state index contributed by atoms with van der Waals surface area (Å²) < 4.78 is 20.3. The van der Waals surface area contributed by atoms with Gasteiger partial charge < -0.3 is 19.3 Å². The molecular formula is C25H32N2O6. The van der Waals surface area contributed by atoms with E-state index in [0.717, 1.165) is 11.4 Å². The van der Waals surface area contributed by atoms with Crippen LogP contribution in [-0.2, 0) is 26.1 Å². The Balaban J connectivity index is 2.15. The Hall–Kier alpha value is -3.10. The molecular weight excluding hydrogens is 424 g/mol. The van der Waals surface area contributed by atoms with E-state index in [9.17, 15) is 14.7 Å². The number of benzene rings is 1. The van der Waals surface area contributed by atoms with Gasteiger partial charge in [0.1, 0.15) is 6.61 Å². The number of esters is 1. The van der Waals surface area contributed by atoms with Crippen molar-refractivity contribution in [2.75, 3.05) is 19.8 Å². The maximum Gasteiger partial charge on any atom is 0.373 e. The second-order valence-electron chi connectivity index (χ2n) is 7.89. The topological polar surface area (TPSA) is 91.9 Å². The molecule has 1 N–H and O–H groups in total. The van der Waals surface area contributed by atoms with Crippen LogP contribution >= 0.6 is 0 Å². The highest BCUT2D eigenvalue weighted by Gasteiger charge is 2.41. The third kappa shape index (κ3) is 5.12. The number of nitrogens with zero attached hydrogens (tertiary/aromatic N) is 2. The molecule has 0 aliphatic carbocycles. The molecule has 0 amide bonds. The minimum Gasteiger partial charge on any atom is -0.457 e. The normalized spacial score (nSPS) is 20.1. The summed E-state index contributed by atoms with van der Waals surface area (Å²) >= 11 is 0. The average Bonchev–Trinajstić information content (AvgIpc) is 3.04. The minimum absolute atomic E-state index is 0.00202. The standard InChI is InChI=1S/C25H32N2O6/c1-5-15-32-24(30)21-16-20(19(13-10-14-28)25(33-21)31-6-2)22-17(3)26(4)27(23(22)29)18-11-8-7-9-12-18/h5,7-9,11-12,16,19-20,25,28H,1,6,10,13-15H2,2-4H3/t19-,20-,25+/m1/s1. The van der Waals surface area contributed by atoms with Gasteiger partial charge in [-0.05, 0) is 44.9 Å². The summed E-state index contributed by atoms with van der Waals surface area (Å²) in [5.74, 6) is -1.36. The number of aromatic nitrogens is 2. The fourth-order valence-electron chi connectivity index (χ4n) is 4.26. The van der Waals surface area contributed by atoms with Gasteiger partial charge in [-0.1, -0.05) is 30.9 Å². The first kappa shape index (κ1) is 24.5. The molecule has 0 saturated carbocycles. The van der Waals surface area contributed by atoms with Gasteiger partial charge in [0, 0.05) is 43.4 Å². The lowest BCUT2D eigenvalue weighted by atomic mass is 9.80. The highest BCUT2D eigenvalue weighted by atomic mass is 16.7. The van der Waals surface area contributed by atoms with Gasteiger partial charge in [-0.2, -0.15) is 0 Å². The van der Waals surface area contributed by atoms with Crippen LogP contribution in [-0.4, -0.2) is 46.6 Å². The number of ether oxygens (including phenoxy) is 3. The molecule has 0 radical (unpaired) electrons. The number of hydrogen-bond donors (Lipinski definition) is 1. The maximum absolute atomic E-state index is 13.7. The van der Waals surface area contributed by atoms with E-state index in [1.54, 1.807) is 10.8 Å². The van der Waals surface area contributed by atoms with Gasteiger partial charge in [-0.3, -0.25) is 9.48 Å². The quantitative estimate of drug-likeness (QED) is 0.437. The first-order valence-electron chi connectivity index (χ1n) is 11.2. The lowest BCUT2D eigenvalue weighted by molar-refractivity contribution is -0.175. The molecule has 2 heterocycles. The number of hydrogen-bond acceptors (Lipinski definition) is 6. The van der Waals surface area contributed by atoms with Crippen LogP contribution in [0, 0.1) is 12.8 Å². The Labute approximate surface area is 193 Å². The number of aliphatic hydroxyl groups is 1. The van der Waals surface area contributed by atoms with Gasteiger partial charge in [0.2, 0.25) is 12.0 Å². The van der Waals surface area contributed by atoms with E-state index in [4.69, 9.17) is 14.2 Å². The third-order valence-electron chi connectivity index (χ3n) is 5.88. The van der Waals surface area contributed by atoms with Crippen molar-refractivity contribution in [2.24, 2.45) is 13.0 Å². The van der Waals surface area contributed by atoms with E-state index in [1.165, 1.54) is 6.08 Å². The molecule has 8 nitrogen and oxygen atoms in total. The highest BCUT2D eigenvalue weighted by Crippen LogP contribution is 2.39. The first-order chi connectivity index (χ1) is 15.9. The van der Waals surface area contributed by atoms with E-state index in [0.29, 0.717) is 25.0 Å². The lowest BCUT2D eigenvalue weighted by Gasteiger charge is -2.36. The van der Waals surface area contributed by atoms with Gasteiger partial charge >= 0.3 is 5.97 Å². The summed E-state index contributed by atoms with van der Waals surface area (Å²) in [6, 6.07) is 9.39. The maximum atomic E-state index is 13.7. The Morgan fingerprint density at radius 3 is 2.67 bits per heavy atom. The Morgan fingerprint density at radius 1 is 1.30 bits per heavy atom. The zero-order chi connectivity index (χ0) is 24.0. The summed E-state index contributed by atoms with van der Waals surface area (Å²) in [4.78, 5) is 26.3. The van der Waals surface area contributed by atoms with Crippen LogP contribution in [0.5, 0.6) is 0 Å². The molecule has 1 aromatic carbocycles. The molecule has 3 atom stereocenters. The van der Waals surface area contributed by atoms with Gasteiger partial charge in [-0.15, -0.1) is 0 Å². The number of carbonyl (C=O) groups is 1. The Bertz CT molecular complexity index is 1050. The van der Waals surface area contributed by atoms with Crippen LogP contribution in [0.2, 0.25) is 0 Å². The number of aliphatic hydroxyl groups excluding tert-OH is 1. The van der Waals surface area contributed by atoms with Gasteiger partial charge in [-0.25, -0.2) is 9.48 Å². The van der Waals surface area contributed by atoms with Crippen molar-refractivity contribution >= 4 is 5.97 Å². The molecule has 2 aromatic rings. The predicted octanol–water partition coefficient (Wildman–Crippen LogP) is 2.96. The fourth-order valence-corrected chi connectivity index (χ4v) is 4.26. The second-order valence-corrected chi connectivity index (χ2v) is 7.89. The fraction of sp³-hybridized carbons (Fsp3) is 0.440. The van der Waals surface area contributed by atoms with Gasteiger partial charge in [0.15, 0.2) is 0 Å². The number of para-hydroxylation sites is 1. The summed E-state index contributed by atoms with van der Waals surface area (Å²) in [7, 11) is 1.83.